The fourth-order valence-corrected chi connectivity index (χ4v) is 4.44. The molecule has 2 aliphatic rings. The van der Waals surface area contributed by atoms with Gasteiger partial charge in [-0.25, -0.2) is 0 Å². The Morgan fingerprint density at radius 2 is 1.79 bits per heavy atom. The van der Waals surface area contributed by atoms with Gasteiger partial charge >= 0.3 is 0 Å². The van der Waals surface area contributed by atoms with E-state index in [1.165, 1.54) is 19.3 Å². The number of piperazine rings is 1. The molecule has 2 fully saturated rings. The summed E-state index contributed by atoms with van der Waals surface area (Å²) >= 11 is 0. The normalized spacial score (nSPS) is 24.6. The molecular weight excluding hydrogens is 350 g/mol. The van der Waals surface area contributed by atoms with E-state index in [9.17, 15) is 9.59 Å². The lowest BCUT2D eigenvalue weighted by Crippen LogP contribution is -2.56. The van der Waals surface area contributed by atoms with Gasteiger partial charge in [0.25, 0.3) is 0 Å². The Kier molecular flexibility index (Phi) is 7.11. The van der Waals surface area contributed by atoms with Crippen molar-refractivity contribution < 1.29 is 9.59 Å². The lowest BCUT2D eigenvalue weighted by atomic mass is 9.86. The Morgan fingerprint density at radius 3 is 2.46 bits per heavy atom. The molecule has 3 rings (SSSR count). The van der Waals surface area contributed by atoms with E-state index in [-0.39, 0.29) is 17.9 Å². The van der Waals surface area contributed by atoms with E-state index in [2.05, 4.69) is 17.1 Å². The summed E-state index contributed by atoms with van der Waals surface area (Å²) in [5, 5.41) is 3.28. The largest absolute Gasteiger partial charge is 0.352 e. The third kappa shape index (κ3) is 5.13. The van der Waals surface area contributed by atoms with E-state index < -0.39 is 0 Å². The highest BCUT2D eigenvalue weighted by atomic mass is 16.2. The van der Waals surface area contributed by atoms with Crippen molar-refractivity contribution in [3.8, 4) is 0 Å². The summed E-state index contributed by atoms with van der Waals surface area (Å²) < 4.78 is 0. The Labute approximate surface area is 169 Å². The first kappa shape index (κ1) is 20.8. The van der Waals surface area contributed by atoms with Crippen molar-refractivity contribution in [3.05, 3.63) is 35.4 Å². The highest BCUT2D eigenvalue weighted by Gasteiger charge is 2.30. The van der Waals surface area contributed by atoms with Crippen LogP contribution in [0.15, 0.2) is 24.3 Å². The average Bonchev–Trinajstić information content (AvgIpc) is 2.71. The zero-order valence-corrected chi connectivity index (χ0v) is 17.6. The van der Waals surface area contributed by atoms with E-state index >= 15 is 0 Å². The Bertz CT molecular complexity index is 682. The monoisotopic (exact) mass is 385 g/mol. The second-order valence-electron chi connectivity index (χ2n) is 8.57. The Morgan fingerprint density at radius 1 is 1.11 bits per heavy atom. The van der Waals surface area contributed by atoms with Crippen LogP contribution in [0, 0.1) is 12.8 Å². The minimum absolute atomic E-state index is 0.136. The number of nitrogens with one attached hydrogen (secondary N) is 1. The first-order valence-corrected chi connectivity index (χ1v) is 10.8. The summed E-state index contributed by atoms with van der Waals surface area (Å²) in [6.45, 7) is 9.20. The van der Waals surface area contributed by atoms with Gasteiger partial charge in [-0.3, -0.25) is 14.5 Å². The van der Waals surface area contributed by atoms with Gasteiger partial charge < -0.3 is 10.2 Å². The standard InChI is InChI=1S/C23H35N3O2/c1-17-8-4-6-10-20(17)16-22(27)26-14-12-25(13-15-26)19(3)23(28)24-21-11-7-5-9-18(21)2/h4,6,8,10,18-19,21H,5,7,9,11-16H2,1-3H3,(H,24,28). The maximum Gasteiger partial charge on any atom is 0.237 e. The Hall–Kier alpha value is -1.88. The molecule has 1 saturated carbocycles. The molecule has 0 aromatic heterocycles. The van der Waals surface area contributed by atoms with Crippen LogP contribution in [-0.2, 0) is 16.0 Å². The first-order chi connectivity index (χ1) is 13.5. The molecule has 5 heteroatoms. The van der Waals surface area contributed by atoms with Crippen LogP contribution in [0.1, 0.15) is 50.7 Å². The van der Waals surface area contributed by atoms with Gasteiger partial charge in [0.2, 0.25) is 11.8 Å². The van der Waals surface area contributed by atoms with Gasteiger partial charge in [-0.2, -0.15) is 0 Å². The molecule has 0 radical (unpaired) electrons. The number of aryl methyl sites for hydroxylation is 1. The summed E-state index contributed by atoms with van der Waals surface area (Å²) in [4.78, 5) is 29.5. The van der Waals surface area contributed by atoms with Gasteiger partial charge in [0.15, 0.2) is 0 Å². The van der Waals surface area contributed by atoms with Crippen molar-refractivity contribution in [3.63, 3.8) is 0 Å². The van der Waals surface area contributed by atoms with Crippen LogP contribution in [0.3, 0.4) is 0 Å². The summed E-state index contributed by atoms with van der Waals surface area (Å²) in [6, 6.07) is 8.25. The third-order valence-electron chi connectivity index (χ3n) is 6.64. The zero-order valence-electron chi connectivity index (χ0n) is 17.6. The smallest absolute Gasteiger partial charge is 0.237 e. The van der Waals surface area contributed by atoms with Gasteiger partial charge in [-0.05, 0) is 43.7 Å². The lowest BCUT2D eigenvalue weighted by molar-refractivity contribution is -0.133. The minimum atomic E-state index is -0.136. The van der Waals surface area contributed by atoms with Gasteiger partial charge in [-0.15, -0.1) is 0 Å². The minimum Gasteiger partial charge on any atom is -0.352 e. The molecule has 1 N–H and O–H groups in total. The fraction of sp³-hybridized carbons (Fsp3) is 0.652. The lowest BCUT2D eigenvalue weighted by Gasteiger charge is -2.38. The van der Waals surface area contributed by atoms with Crippen molar-refractivity contribution in [2.24, 2.45) is 5.92 Å². The van der Waals surface area contributed by atoms with Crippen molar-refractivity contribution in [1.29, 1.82) is 0 Å². The van der Waals surface area contributed by atoms with E-state index in [1.54, 1.807) is 0 Å². The predicted octanol–water partition coefficient (Wildman–Crippen LogP) is 2.77. The maximum absolute atomic E-state index is 12.7. The van der Waals surface area contributed by atoms with Crippen LogP contribution >= 0.6 is 0 Å². The topological polar surface area (TPSA) is 52.7 Å². The summed E-state index contributed by atoms with van der Waals surface area (Å²) in [7, 11) is 0. The maximum atomic E-state index is 12.7. The summed E-state index contributed by atoms with van der Waals surface area (Å²) in [6.07, 6.45) is 5.26. The first-order valence-electron chi connectivity index (χ1n) is 10.8. The number of benzene rings is 1. The van der Waals surface area contributed by atoms with Gasteiger partial charge in [0.1, 0.15) is 0 Å². The molecular formula is C23H35N3O2. The molecule has 1 aliphatic carbocycles. The highest BCUT2D eigenvalue weighted by Crippen LogP contribution is 2.24. The summed E-state index contributed by atoms with van der Waals surface area (Å²) in [5.41, 5.74) is 2.26. The molecule has 154 valence electrons. The molecule has 1 heterocycles. The van der Waals surface area contributed by atoms with Crippen LogP contribution in [0.4, 0.5) is 0 Å². The second-order valence-corrected chi connectivity index (χ2v) is 8.57. The molecule has 3 atom stereocenters. The number of carbonyl (C=O) groups is 2. The number of carbonyl (C=O) groups excluding carboxylic acids is 2. The molecule has 3 unspecified atom stereocenters. The van der Waals surface area contributed by atoms with E-state index in [4.69, 9.17) is 0 Å². The predicted molar refractivity (Wildman–Crippen MR) is 112 cm³/mol. The van der Waals surface area contributed by atoms with Gasteiger partial charge in [0.05, 0.1) is 12.5 Å². The van der Waals surface area contributed by atoms with Crippen LogP contribution in [0.25, 0.3) is 0 Å². The fourth-order valence-electron chi connectivity index (χ4n) is 4.44. The van der Waals surface area contributed by atoms with Gasteiger partial charge in [0, 0.05) is 32.2 Å². The van der Waals surface area contributed by atoms with E-state index in [1.807, 2.05) is 43.0 Å². The second kappa shape index (κ2) is 9.55. The van der Waals surface area contributed by atoms with Crippen molar-refractivity contribution in [1.82, 2.24) is 15.1 Å². The number of rotatable bonds is 5. The average molecular weight is 386 g/mol. The number of hydrogen-bond acceptors (Lipinski definition) is 3. The van der Waals surface area contributed by atoms with E-state index in [0.717, 1.165) is 30.6 Å². The molecule has 1 aromatic rings. The number of amides is 2. The van der Waals surface area contributed by atoms with Crippen LogP contribution < -0.4 is 5.32 Å². The zero-order chi connectivity index (χ0) is 20.1. The molecule has 0 bridgehead atoms. The molecule has 0 spiro atoms. The van der Waals surface area contributed by atoms with E-state index in [0.29, 0.717) is 31.5 Å². The van der Waals surface area contributed by atoms with Crippen molar-refractivity contribution in [2.45, 2.75) is 65.0 Å². The molecule has 28 heavy (non-hydrogen) atoms. The van der Waals surface area contributed by atoms with Crippen molar-refractivity contribution >= 4 is 11.8 Å². The molecule has 1 aromatic carbocycles. The number of hydrogen-bond donors (Lipinski definition) is 1. The molecule has 5 nitrogen and oxygen atoms in total. The van der Waals surface area contributed by atoms with Crippen molar-refractivity contribution in [2.75, 3.05) is 26.2 Å². The van der Waals surface area contributed by atoms with Gasteiger partial charge in [-0.1, -0.05) is 44.0 Å². The number of nitrogens with zero attached hydrogens (tertiary/aromatic N) is 2. The third-order valence-corrected chi connectivity index (χ3v) is 6.64. The Balaban J connectivity index is 1.46. The molecule has 1 saturated heterocycles. The highest BCUT2D eigenvalue weighted by molar-refractivity contribution is 5.82. The molecule has 2 amide bonds. The SMILES string of the molecule is Cc1ccccc1CC(=O)N1CCN(C(C)C(=O)NC2CCCCC2C)CC1. The van der Waals surface area contributed by atoms with Crippen LogP contribution in [0.2, 0.25) is 0 Å². The quantitative estimate of drug-likeness (QED) is 0.848. The van der Waals surface area contributed by atoms with Crippen LogP contribution in [-0.4, -0.2) is 59.9 Å². The molecule has 1 aliphatic heterocycles. The van der Waals surface area contributed by atoms with Crippen LogP contribution in [0.5, 0.6) is 0 Å². The summed E-state index contributed by atoms with van der Waals surface area (Å²) in [5.74, 6) is 0.890.